The van der Waals surface area contributed by atoms with E-state index >= 15 is 0 Å². The Morgan fingerprint density at radius 1 is 0.903 bits per heavy atom. The number of para-hydroxylation sites is 1. The molecule has 0 fully saturated rings. The third kappa shape index (κ3) is 3.73. The molecule has 0 amide bonds. The van der Waals surface area contributed by atoms with Crippen molar-refractivity contribution in [2.24, 2.45) is 4.99 Å². The summed E-state index contributed by atoms with van der Waals surface area (Å²) in [4.78, 5) is 42.6. The van der Waals surface area contributed by atoms with Crippen molar-refractivity contribution < 1.29 is 19.1 Å². The third-order valence-electron chi connectivity index (χ3n) is 4.98. The van der Waals surface area contributed by atoms with Gasteiger partial charge < -0.3 is 4.74 Å². The number of rotatable bonds is 5. The topological polar surface area (TPSA) is 72.8 Å². The number of nitrogens with zero attached hydrogens (tertiary/aromatic N) is 1. The van der Waals surface area contributed by atoms with Crippen LogP contribution in [0.5, 0.6) is 0 Å². The number of carbonyl (C=O) groups is 3. The number of esters is 1. The van der Waals surface area contributed by atoms with Crippen molar-refractivity contribution in [3.8, 4) is 0 Å². The minimum absolute atomic E-state index is 0.0610. The molecule has 3 aromatic carbocycles. The second-order valence-corrected chi connectivity index (χ2v) is 6.85. The number of Topliss-reactive ketones (excluding diaryl/α,β-unsaturated/α-hetero) is 1. The van der Waals surface area contributed by atoms with Crippen LogP contribution in [-0.4, -0.2) is 30.4 Å². The lowest BCUT2D eigenvalue weighted by molar-refractivity contribution is -0.137. The molecule has 0 bridgehead atoms. The fraction of sp³-hybridized carbons (Fsp3) is 0.0769. The van der Waals surface area contributed by atoms with Gasteiger partial charge in [0.05, 0.1) is 18.0 Å². The highest BCUT2D eigenvalue weighted by Crippen LogP contribution is 2.35. The van der Waals surface area contributed by atoms with Gasteiger partial charge in [-0.3, -0.25) is 9.59 Å². The number of ether oxygens (including phenoxy) is 1. The van der Waals surface area contributed by atoms with Crippen LogP contribution in [0.1, 0.15) is 38.8 Å². The Balaban J connectivity index is 2.09. The van der Waals surface area contributed by atoms with E-state index in [1.54, 1.807) is 49.4 Å². The molecule has 5 heteroatoms. The average molecular weight is 409 g/mol. The summed E-state index contributed by atoms with van der Waals surface area (Å²) in [6.07, 6.45) is 0.734. The molecule has 0 saturated heterocycles. The molecule has 4 rings (SSSR count). The first kappa shape index (κ1) is 20.2. The van der Waals surface area contributed by atoms with Crippen LogP contribution >= 0.6 is 0 Å². The molecule has 5 nitrogen and oxygen atoms in total. The second-order valence-electron chi connectivity index (χ2n) is 6.85. The lowest BCUT2D eigenvalue weighted by Gasteiger charge is -2.23. The van der Waals surface area contributed by atoms with E-state index in [2.05, 4.69) is 0 Å². The van der Waals surface area contributed by atoms with Gasteiger partial charge in [-0.1, -0.05) is 66.7 Å². The molecule has 0 aliphatic heterocycles. The molecule has 0 heterocycles. The summed E-state index contributed by atoms with van der Waals surface area (Å²) in [5.41, 5.74) is 3.27. The Hall–Kier alpha value is -4.12. The van der Waals surface area contributed by atoms with E-state index < -0.39 is 11.8 Å². The average Bonchev–Trinajstić information content (AvgIpc) is 2.81. The molecular weight excluding hydrogens is 390 g/mol. The zero-order valence-corrected chi connectivity index (χ0v) is 16.9. The van der Waals surface area contributed by atoms with E-state index in [0.29, 0.717) is 39.2 Å². The normalized spacial score (nSPS) is 14.4. The highest BCUT2D eigenvalue weighted by atomic mass is 16.5. The molecule has 0 radical (unpaired) electrons. The van der Waals surface area contributed by atoms with Crippen molar-refractivity contribution in [3.63, 3.8) is 0 Å². The Morgan fingerprint density at radius 2 is 1.55 bits per heavy atom. The van der Waals surface area contributed by atoms with E-state index in [9.17, 15) is 14.4 Å². The number of aliphatic imine (C=N–C) groups is 1. The first-order valence-electron chi connectivity index (χ1n) is 9.90. The number of hydrogen-bond donors (Lipinski definition) is 0. The molecule has 1 aliphatic rings. The summed E-state index contributed by atoms with van der Waals surface area (Å²) < 4.78 is 5.23. The number of aldehydes is 1. The molecule has 0 saturated carbocycles. The van der Waals surface area contributed by atoms with Crippen molar-refractivity contribution in [2.75, 3.05) is 6.61 Å². The largest absolute Gasteiger partial charge is 0.462 e. The summed E-state index contributed by atoms with van der Waals surface area (Å²) in [6, 6.07) is 23.1. The maximum atomic E-state index is 13.4. The molecule has 1 aliphatic carbocycles. The molecule has 3 aromatic rings. The highest BCUT2D eigenvalue weighted by molar-refractivity contribution is 6.48. The lowest BCUT2D eigenvalue weighted by Crippen LogP contribution is -2.27. The molecular formula is C26H19NO4. The van der Waals surface area contributed by atoms with Crippen LogP contribution in [0, 0.1) is 0 Å². The molecule has 0 spiro atoms. The number of allylic oxidation sites excluding steroid dienone is 1. The zero-order valence-electron chi connectivity index (χ0n) is 16.9. The Labute approximate surface area is 179 Å². The number of ketones is 1. The van der Waals surface area contributed by atoms with Gasteiger partial charge in [-0.25, -0.2) is 9.79 Å². The molecule has 0 N–H and O–H groups in total. The predicted octanol–water partition coefficient (Wildman–Crippen LogP) is 4.83. The molecule has 0 aromatic heterocycles. The van der Waals surface area contributed by atoms with Crippen molar-refractivity contribution in [3.05, 3.63) is 107 Å². The summed E-state index contributed by atoms with van der Waals surface area (Å²) in [7, 11) is 0. The number of benzene rings is 3. The maximum absolute atomic E-state index is 13.4. The number of fused-ring (bicyclic) bond motifs is 1. The van der Waals surface area contributed by atoms with Gasteiger partial charge >= 0.3 is 5.97 Å². The first-order valence-corrected chi connectivity index (χ1v) is 9.90. The van der Waals surface area contributed by atoms with E-state index in [1.807, 2.05) is 36.4 Å². The Bertz CT molecular complexity index is 1240. The van der Waals surface area contributed by atoms with Crippen LogP contribution in [0.4, 0.5) is 5.69 Å². The van der Waals surface area contributed by atoms with Gasteiger partial charge in [0, 0.05) is 22.3 Å². The van der Waals surface area contributed by atoms with E-state index in [1.165, 1.54) is 0 Å². The predicted molar refractivity (Wildman–Crippen MR) is 119 cm³/mol. The summed E-state index contributed by atoms with van der Waals surface area (Å²) in [6.45, 7) is 1.83. The fourth-order valence-corrected chi connectivity index (χ4v) is 3.60. The van der Waals surface area contributed by atoms with Gasteiger partial charge in [0.25, 0.3) is 0 Å². The summed E-state index contributed by atoms with van der Waals surface area (Å²) in [5, 5.41) is 0. The van der Waals surface area contributed by atoms with Crippen LogP contribution in [0.15, 0.2) is 89.4 Å². The Kier molecular flexibility index (Phi) is 5.67. The molecule has 0 atom stereocenters. The quantitative estimate of drug-likeness (QED) is 0.344. The van der Waals surface area contributed by atoms with Crippen LogP contribution in [0.2, 0.25) is 0 Å². The molecule has 152 valence electrons. The van der Waals surface area contributed by atoms with Crippen LogP contribution in [-0.2, 0) is 9.53 Å². The fourth-order valence-electron chi connectivity index (χ4n) is 3.60. The van der Waals surface area contributed by atoms with Crippen molar-refractivity contribution in [1.29, 1.82) is 0 Å². The molecule has 0 unspecified atom stereocenters. The SMILES string of the molecule is CCOC(=O)C1=C(c2ccccc2)C(=Nc2ccccc2C=O)c2ccccc2C1=O. The smallest absolute Gasteiger partial charge is 0.342 e. The van der Waals surface area contributed by atoms with Gasteiger partial charge in [-0.05, 0) is 24.6 Å². The van der Waals surface area contributed by atoms with E-state index in [0.717, 1.165) is 6.29 Å². The zero-order chi connectivity index (χ0) is 21.8. The maximum Gasteiger partial charge on any atom is 0.342 e. The molecule has 31 heavy (non-hydrogen) atoms. The minimum Gasteiger partial charge on any atom is -0.462 e. The second kappa shape index (κ2) is 8.71. The van der Waals surface area contributed by atoms with Crippen LogP contribution < -0.4 is 0 Å². The summed E-state index contributed by atoms with van der Waals surface area (Å²) >= 11 is 0. The van der Waals surface area contributed by atoms with Gasteiger partial charge in [-0.2, -0.15) is 0 Å². The Morgan fingerprint density at radius 3 is 2.26 bits per heavy atom. The number of carbonyl (C=O) groups excluding carboxylic acids is 3. The van der Waals surface area contributed by atoms with Gasteiger partial charge in [0.1, 0.15) is 5.57 Å². The number of hydrogen-bond acceptors (Lipinski definition) is 5. The summed E-state index contributed by atoms with van der Waals surface area (Å²) in [5.74, 6) is -1.10. The standard InChI is InChI=1S/C26H19NO4/c1-2-31-26(30)23-22(17-10-4-3-5-11-17)24(19-13-7-8-14-20(19)25(23)29)27-21-15-9-6-12-18(21)16-28/h3-16H,2H2,1H3. The monoisotopic (exact) mass is 409 g/mol. The van der Waals surface area contributed by atoms with Gasteiger partial charge in [-0.15, -0.1) is 0 Å². The highest BCUT2D eigenvalue weighted by Gasteiger charge is 2.36. The van der Waals surface area contributed by atoms with Crippen molar-refractivity contribution in [1.82, 2.24) is 0 Å². The van der Waals surface area contributed by atoms with Crippen LogP contribution in [0.25, 0.3) is 5.57 Å². The van der Waals surface area contributed by atoms with Gasteiger partial charge in [0.15, 0.2) is 6.29 Å². The minimum atomic E-state index is -0.697. The van der Waals surface area contributed by atoms with E-state index in [-0.39, 0.29) is 12.2 Å². The van der Waals surface area contributed by atoms with Crippen molar-refractivity contribution >= 4 is 35.0 Å². The van der Waals surface area contributed by atoms with Crippen LogP contribution in [0.3, 0.4) is 0 Å². The first-order chi connectivity index (χ1) is 15.2. The lowest BCUT2D eigenvalue weighted by atomic mass is 9.80. The van der Waals surface area contributed by atoms with Crippen molar-refractivity contribution in [2.45, 2.75) is 6.92 Å². The van der Waals surface area contributed by atoms with Gasteiger partial charge in [0.2, 0.25) is 5.78 Å². The third-order valence-corrected chi connectivity index (χ3v) is 4.98. The van der Waals surface area contributed by atoms with E-state index in [4.69, 9.17) is 9.73 Å².